The maximum absolute atomic E-state index is 6.43. The van der Waals surface area contributed by atoms with E-state index in [1.165, 1.54) is 24.4 Å². The molecule has 6 nitrogen and oxygen atoms in total. The van der Waals surface area contributed by atoms with Gasteiger partial charge in [-0.05, 0) is 62.6 Å². The molecule has 1 aromatic heterocycles. The van der Waals surface area contributed by atoms with E-state index in [-0.39, 0.29) is 6.04 Å². The highest BCUT2D eigenvalue weighted by atomic mass is 28.3. The van der Waals surface area contributed by atoms with Gasteiger partial charge in [-0.25, -0.2) is 9.67 Å². The molecule has 2 aliphatic rings. The lowest BCUT2D eigenvalue weighted by molar-refractivity contribution is 0.00510. The van der Waals surface area contributed by atoms with Crippen molar-refractivity contribution in [2.24, 2.45) is 0 Å². The molecule has 0 amide bonds. The van der Waals surface area contributed by atoms with E-state index >= 15 is 0 Å². The number of hydrogen-bond donors (Lipinski definition) is 1. The summed E-state index contributed by atoms with van der Waals surface area (Å²) in [6.07, 6.45) is 9.21. The third-order valence-corrected chi connectivity index (χ3v) is 8.85. The zero-order valence-electron chi connectivity index (χ0n) is 20.7. The summed E-state index contributed by atoms with van der Waals surface area (Å²) in [6, 6.07) is 12.4. The van der Waals surface area contributed by atoms with Gasteiger partial charge in [0.1, 0.15) is 13.1 Å². The Morgan fingerprint density at radius 2 is 1.85 bits per heavy atom. The number of benzene rings is 1. The molecule has 2 fully saturated rings. The first kappa shape index (κ1) is 24.6. The van der Waals surface area contributed by atoms with Crippen LogP contribution in [0.1, 0.15) is 61.7 Å². The summed E-state index contributed by atoms with van der Waals surface area (Å²) < 4.78 is 14.1. The molecule has 2 heterocycles. The van der Waals surface area contributed by atoms with Gasteiger partial charge in [0.25, 0.3) is 0 Å². The molecule has 2 aromatic rings. The van der Waals surface area contributed by atoms with Gasteiger partial charge in [0.05, 0.1) is 12.7 Å². The van der Waals surface area contributed by atoms with E-state index in [1.807, 2.05) is 11.0 Å². The lowest BCUT2D eigenvalue weighted by Gasteiger charge is -2.34. The maximum atomic E-state index is 6.43. The quantitative estimate of drug-likeness (QED) is 0.383. The molecule has 0 radical (unpaired) electrons. The predicted octanol–water partition coefficient (Wildman–Crippen LogP) is 5.17. The van der Waals surface area contributed by atoms with Crippen molar-refractivity contribution >= 4 is 8.07 Å². The highest BCUT2D eigenvalue weighted by molar-refractivity contribution is 6.76. The zero-order valence-corrected chi connectivity index (χ0v) is 21.7. The monoisotopic (exact) mass is 470 g/mol. The van der Waals surface area contributed by atoms with Crippen LogP contribution in [-0.2, 0) is 16.2 Å². The second kappa shape index (κ2) is 11.7. The number of hydrogen-bond acceptors (Lipinski definition) is 5. The molecule has 182 valence electrons. The Bertz CT molecular complexity index is 830. The highest BCUT2D eigenvalue weighted by Gasteiger charge is 2.31. The van der Waals surface area contributed by atoms with Gasteiger partial charge in [-0.1, -0.05) is 50.0 Å². The van der Waals surface area contributed by atoms with Crippen LogP contribution in [0.15, 0.2) is 36.7 Å². The molecule has 1 aliphatic carbocycles. The molecule has 33 heavy (non-hydrogen) atoms. The van der Waals surface area contributed by atoms with Crippen molar-refractivity contribution in [1.29, 1.82) is 0 Å². The highest BCUT2D eigenvalue weighted by Crippen LogP contribution is 2.34. The van der Waals surface area contributed by atoms with Crippen LogP contribution in [0.2, 0.25) is 25.7 Å². The van der Waals surface area contributed by atoms with E-state index in [2.05, 4.69) is 60.3 Å². The molecule has 4 rings (SSSR count). The SMILES string of the molecule is C[Si](C)(C)CCOCn1cnc([C@H]2CCCN[C@H]2COC2CCC(c3ccccc3)CC2)n1. The van der Waals surface area contributed by atoms with Crippen molar-refractivity contribution in [3.05, 3.63) is 48.0 Å². The normalized spacial score (nSPS) is 26.4. The second-order valence-corrected chi connectivity index (χ2v) is 16.6. The Morgan fingerprint density at radius 1 is 1.06 bits per heavy atom. The Kier molecular flexibility index (Phi) is 8.74. The second-order valence-electron chi connectivity index (χ2n) is 11.0. The summed E-state index contributed by atoms with van der Waals surface area (Å²) in [5.41, 5.74) is 1.48. The Hall–Kier alpha value is -1.54. The molecule has 0 bridgehead atoms. The number of ether oxygens (including phenoxy) is 2. The third-order valence-electron chi connectivity index (χ3n) is 7.15. The van der Waals surface area contributed by atoms with Gasteiger partial charge in [-0.3, -0.25) is 0 Å². The van der Waals surface area contributed by atoms with Crippen molar-refractivity contribution in [1.82, 2.24) is 20.1 Å². The van der Waals surface area contributed by atoms with E-state index in [0.29, 0.717) is 24.7 Å². The smallest absolute Gasteiger partial charge is 0.155 e. The minimum atomic E-state index is -1.06. The van der Waals surface area contributed by atoms with Gasteiger partial charge < -0.3 is 14.8 Å². The molecule has 7 heteroatoms. The molecule has 1 saturated carbocycles. The molecule has 1 aromatic carbocycles. The first-order valence-corrected chi connectivity index (χ1v) is 16.6. The van der Waals surface area contributed by atoms with Gasteiger partial charge in [-0.15, -0.1) is 0 Å². The van der Waals surface area contributed by atoms with Gasteiger partial charge in [-0.2, -0.15) is 5.10 Å². The van der Waals surface area contributed by atoms with E-state index in [9.17, 15) is 0 Å². The molecule has 2 atom stereocenters. The molecule has 1 saturated heterocycles. The maximum Gasteiger partial charge on any atom is 0.155 e. The van der Waals surface area contributed by atoms with Crippen molar-refractivity contribution in [3.8, 4) is 0 Å². The molecule has 0 unspecified atom stereocenters. The first-order chi connectivity index (χ1) is 16.0. The first-order valence-electron chi connectivity index (χ1n) is 12.8. The van der Waals surface area contributed by atoms with Crippen molar-refractivity contribution in [2.75, 3.05) is 19.8 Å². The molecular formula is C26H42N4O2Si. The number of piperidine rings is 1. The van der Waals surface area contributed by atoms with Crippen LogP contribution in [0.3, 0.4) is 0 Å². The summed E-state index contributed by atoms with van der Waals surface area (Å²) in [5, 5.41) is 8.43. The number of rotatable bonds is 10. The van der Waals surface area contributed by atoms with Crippen LogP contribution in [-0.4, -0.2) is 54.7 Å². The van der Waals surface area contributed by atoms with Crippen LogP contribution in [0.4, 0.5) is 0 Å². The summed E-state index contributed by atoms with van der Waals surface area (Å²) in [4.78, 5) is 4.64. The standard InChI is InChI=1S/C26H42N4O2Si/c1-33(2,3)17-16-31-20-30-19-28-26(29-30)24-10-7-15-27-25(24)18-32-23-13-11-22(12-14-23)21-8-5-4-6-9-21/h4-6,8-9,19,22-25,27H,7,10-18,20H2,1-3H3/t22?,23?,24-,25-/m0/s1. The fourth-order valence-electron chi connectivity index (χ4n) is 5.04. The van der Waals surface area contributed by atoms with Gasteiger partial charge in [0, 0.05) is 26.6 Å². The minimum Gasteiger partial charge on any atom is -0.377 e. The number of nitrogens with zero attached hydrogens (tertiary/aromatic N) is 3. The van der Waals surface area contributed by atoms with Crippen molar-refractivity contribution < 1.29 is 9.47 Å². The van der Waals surface area contributed by atoms with E-state index in [1.54, 1.807) is 0 Å². The average Bonchev–Trinajstić information content (AvgIpc) is 3.30. The fraction of sp³-hybridized carbons (Fsp3) is 0.692. The lowest BCUT2D eigenvalue weighted by atomic mass is 9.82. The Labute approximate surface area is 200 Å². The predicted molar refractivity (Wildman–Crippen MR) is 135 cm³/mol. The average molecular weight is 471 g/mol. The van der Waals surface area contributed by atoms with Gasteiger partial charge >= 0.3 is 0 Å². The van der Waals surface area contributed by atoms with Crippen LogP contribution in [0, 0.1) is 0 Å². The Morgan fingerprint density at radius 3 is 2.61 bits per heavy atom. The van der Waals surface area contributed by atoms with Crippen molar-refractivity contribution in [2.45, 2.75) is 94.9 Å². The summed E-state index contributed by atoms with van der Waals surface area (Å²) in [6.45, 7) is 10.2. The van der Waals surface area contributed by atoms with E-state index in [0.717, 1.165) is 51.3 Å². The summed E-state index contributed by atoms with van der Waals surface area (Å²) in [7, 11) is -1.06. The van der Waals surface area contributed by atoms with Crippen molar-refractivity contribution in [3.63, 3.8) is 0 Å². The summed E-state index contributed by atoms with van der Waals surface area (Å²) >= 11 is 0. The fourth-order valence-corrected chi connectivity index (χ4v) is 5.80. The summed E-state index contributed by atoms with van der Waals surface area (Å²) in [5.74, 6) is 1.92. The molecule has 0 spiro atoms. The number of aromatic nitrogens is 3. The van der Waals surface area contributed by atoms with E-state index < -0.39 is 8.07 Å². The van der Waals surface area contributed by atoms with Crippen LogP contribution in [0.25, 0.3) is 0 Å². The van der Waals surface area contributed by atoms with E-state index in [4.69, 9.17) is 14.6 Å². The molecule has 1 N–H and O–H groups in total. The zero-order chi connectivity index (χ0) is 23.1. The molecule has 1 aliphatic heterocycles. The molecular weight excluding hydrogens is 428 g/mol. The van der Waals surface area contributed by atoms with Gasteiger partial charge in [0.2, 0.25) is 0 Å². The lowest BCUT2D eigenvalue weighted by Crippen LogP contribution is -2.44. The largest absolute Gasteiger partial charge is 0.377 e. The number of nitrogens with one attached hydrogen (secondary N) is 1. The van der Waals surface area contributed by atoms with Gasteiger partial charge in [0.15, 0.2) is 5.82 Å². The van der Waals surface area contributed by atoms with Crippen LogP contribution in [0.5, 0.6) is 0 Å². The third kappa shape index (κ3) is 7.47. The minimum absolute atomic E-state index is 0.286. The van der Waals surface area contributed by atoms with Crippen LogP contribution < -0.4 is 5.32 Å². The topological polar surface area (TPSA) is 61.2 Å². The Balaban J connectivity index is 1.23. The van der Waals surface area contributed by atoms with Crippen LogP contribution >= 0.6 is 0 Å².